The number of ether oxygens (including phenoxy) is 8. The van der Waals surface area contributed by atoms with Crippen LogP contribution in [-0.4, -0.2) is 150 Å². The van der Waals surface area contributed by atoms with E-state index in [2.05, 4.69) is 140 Å². The van der Waals surface area contributed by atoms with Crippen LogP contribution in [0, 0.1) is 40.4 Å². The Kier molecular flexibility index (Phi) is 28.8. The van der Waals surface area contributed by atoms with Gasteiger partial charge in [-0.05, 0) is 201 Å². The van der Waals surface area contributed by atoms with Gasteiger partial charge in [-0.25, -0.2) is 9.59 Å². The highest BCUT2D eigenvalue weighted by Crippen LogP contribution is 2.70. The van der Waals surface area contributed by atoms with Crippen molar-refractivity contribution in [1.82, 2.24) is 0 Å². The number of aliphatic hydroxyl groups is 1. The summed E-state index contributed by atoms with van der Waals surface area (Å²) in [6.45, 7) is 43.6. The Hall–Kier alpha value is -3.79. The number of hydrogen-bond donors (Lipinski definition) is 1. The predicted octanol–water partition coefficient (Wildman–Crippen LogP) is 18.6. The van der Waals surface area contributed by atoms with Crippen molar-refractivity contribution in [2.75, 3.05) is 20.3 Å². The minimum atomic E-state index is -2.57. The highest BCUT2D eigenvalue weighted by atomic mass is 28.4. The molecule has 1 N–H and O–H groups in total. The highest BCUT2D eigenvalue weighted by molar-refractivity contribution is 6.75. The van der Waals surface area contributed by atoms with Crippen molar-refractivity contribution in [2.45, 2.75) is 335 Å². The molecule has 3 saturated carbocycles. The fourth-order valence-electron chi connectivity index (χ4n) is 18.5. The second kappa shape index (κ2) is 35.1. The van der Waals surface area contributed by atoms with Crippen LogP contribution in [0.25, 0.3) is 10.4 Å². The molecule has 0 aromatic heterocycles. The molecule has 0 spiro atoms. The summed E-state index contributed by atoms with van der Waals surface area (Å²) in [6.07, 6.45) is -0.974. The molecule has 23 heteroatoms. The van der Waals surface area contributed by atoms with Crippen LogP contribution >= 0.6 is 0 Å². The third-order valence-electron chi connectivity index (χ3n) is 26.9. The summed E-state index contributed by atoms with van der Waals surface area (Å²) in [5.41, 5.74) is 9.40. The molecule has 18 atom stereocenters. The average Bonchev–Trinajstić information content (AvgIpc) is 1.49. The summed E-state index contributed by atoms with van der Waals surface area (Å²) >= 11 is 0. The van der Waals surface area contributed by atoms with E-state index in [4.69, 9.17) is 55.6 Å². The highest BCUT2D eigenvalue weighted by Gasteiger charge is 2.71. The van der Waals surface area contributed by atoms with Gasteiger partial charge in [0.05, 0.1) is 56.3 Å². The Morgan fingerprint density at radius 3 is 1.80 bits per heavy atom. The van der Waals surface area contributed by atoms with Gasteiger partial charge in [0.15, 0.2) is 58.1 Å². The molecule has 2 saturated heterocycles. The Balaban J connectivity index is 1.27. The molecule has 2 aliphatic heterocycles. The van der Waals surface area contributed by atoms with Gasteiger partial charge >= 0.3 is 17.9 Å². The van der Waals surface area contributed by atoms with Crippen LogP contribution in [0.15, 0.2) is 65.3 Å². The van der Waals surface area contributed by atoms with E-state index in [0.29, 0.717) is 42.9 Å². The average molecular weight is 1490 g/mol. The monoisotopic (exact) mass is 1490 g/mol. The van der Waals surface area contributed by atoms with Gasteiger partial charge in [-0.2, -0.15) is 0 Å². The Morgan fingerprint density at radius 2 is 1.25 bits per heavy atom. The SMILES string of the molecule is CC[Si](CC)(CC)O[C@@H]1[C@@H](OC(=O)c2ccc(OC)cc2)[C@H](O[C@@H]2[C@@H](OC(C)=O)[C@H](O[C@H]3C[C@H]4[C@@H]5CC=C6C[C@@H](O[Si](C)(C)C(C)(C)C)CC[C@]6(C)[C@H]5CC[C@]4(C)[C@@]3(O)[C@H](C)C(CCC(C)C)OC(=O)c3ccccc3CN=[N+]=[N-])OC[C@@H]2O[Si](CC)(CC)CC)OC[C@H]1O[Si](CC)(CC)CC. The summed E-state index contributed by atoms with van der Waals surface area (Å²) in [5, 5.41) is 18.9. The molecule has 0 radical (unpaired) electrons. The molecule has 2 aromatic rings. The van der Waals surface area contributed by atoms with Crippen molar-refractivity contribution >= 4 is 51.2 Å². The number of fused-ring (bicyclic) bond motifs is 5. The topological polar surface area (TPSA) is 231 Å². The zero-order chi connectivity index (χ0) is 75.0. The third kappa shape index (κ3) is 17.7. The van der Waals surface area contributed by atoms with E-state index in [1.165, 1.54) is 12.5 Å². The molecule has 4 aliphatic carbocycles. The van der Waals surface area contributed by atoms with E-state index in [1.807, 2.05) is 6.92 Å². The smallest absolute Gasteiger partial charge is 0.338 e. The van der Waals surface area contributed by atoms with Crippen molar-refractivity contribution in [3.05, 3.63) is 87.3 Å². The van der Waals surface area contributed by atoms with Crippen LogP contribution in [0.3, 0.4) is 0 Å². The number of hydrogen-bond acceptors (Lipinski definition) is 17. The summed E-state index contributed by atoms with van der Waals surface area (Å²) in [7, 11) is -8.02. The minimum Gasteiger partial charge on any atom is -0.497 e. The number of nitrogens with zero attached hydrogens (tertiary/aromatic N) is 3. The van der Waals surface area contributed by atoms with Gasteiger partial charge in [0.1, 0.15) is 29.7 Å². The summed E-state index contributed by atoms with van der Waals surface area (Å²) in [6, 6.07) is 21.2. The number of rotatable bonds is 34. The van der Waals surface area contributed by atoms with Crippen LogP contribution in [0.5, 0.6) is 5.75 Å². The molecule has 19 nitrogen and oxygen atoms in total. The van der Waals surface area contributed by atoms with E-state index in [9.17, 15) is 20.2 Å². The Morgan fingerprint density at radius 1 is 0.696 bits per heavy atom. The summed E-state index contributed by atoms with van der Waals surface area (Å²) in [5.74, 6) is -1.36. The first-order valence-electron chi connectivity index (χ1n) is 39.3. The maximum absolute atomic E-state index is 15.0. The molecule has 1 unspecified atom stereocenters. The number of esters is 3. The maximum Gasteiger partial charge on any atom is 0.338 e. The third-order valence-corrected chi connectivity index (χ3v) is 45.4. The number of allylic oxidation sites excluding steroid dienone is 1. The van der Waals surface area contributed by atoms with Crippen LogP contribution < -0.4 is 4.74 Å². The zero-order valence-electron chi connectivity index (χ0n) is 66.2. The predicted molar refractivity (Wildman–Crippen MR) is 409 cm³/mol. The molecule has 8 rings (SSSR count). The van der Waals surface area contributed by atoms with Crippen molar-refractivity contribution < 1.29 is 75.1 Å². The molecule has 5 fully saturated rings. The lowest BCUT2D eigenvalue weighted by Gasteiger charge is -2.60. The molecule has 0 amide bonds. The Bertz CT molecular complexity index is 3150. The van der Waals surface area contributed by atoms with Crippen molar-refractivity contribution in [1.29, 1.82) is 0 Å². The first-order valence-corrected chi connectivity index (χ1v) is 49.8. The molecule has 574 valence electrons. The first kappa shape index (κ1) is 83.8. The minimum absolute atomic E-state index is 0.0427. The quantitative estimate of drug-likeness (QED) is 0.0131. The fraction of sp³-hybridized carbons (Fsp3) is 0.785. The first-order chi connectivity index (χ1) is 48.3. The molecular formula is C79H131N3O16Si4. The van der Waals surface area contributed by atoms with E-state index in [0.717, 1.165) is 86.5 Å². The number of carbonyl (C=O) groups excluding carboxylic acids is 3. The van der Waals surface area contributed by atoms with Crippen LogP contribution in [0.4, 0.5) is 0 Å². The van der Waals surface area contributed by atoms with Gasteiger partial charge in [0, 0.05) is 29.3 Å². The molecule has 2 aromatic carbocycles. The van der Waals surface area contributed by atoms with E-state index in [-0.39, 0.29) is 65.2 Å². The summed E-state index contributed by atoms with van der Waals surface area (Å²) in [4.78, 5) is 47.2. The van der Waals surface area contributed by atoms with Gasteiger partial charge < -0.3 is 60.7 Å². The van der Waals surface area contributed by atoms with Crippen LogP contribution in [0.2, 0.25) is 72.5 Å². The maximum atomic E-state index is 15.0. The number of carbonyl (C=O) groups is 3. The standard InChI is InChI=1S/C79H131N3O16Si4/c1-22-100(23-2,24-3)96-65-50-88-74(70(90-54(13)83)68(65)94-75-71(93-72(84)55-36-39-58(87-19)40-37-55)69(98-102(28-7,29-8)30-9)66(51-89-75)97-101(25-4,26-5)27-6)92-67-48-63-61-41-38-57-47-59(95-99(20,21)76(14,15)16)43-45-77(57,17)62(61)44-46-78(63,18)79(67,86)53(12)64(42-35-52(10)11)91-73(85)60-34-32-31-33-56(60)49-81-82-80/h31-34,36-40,52-53,59,61-71,74-75,86H,22-30,35,41-51H2,1-21H3/t53-,59+,61-,62+,63+,64?,65+,66-,67+,68+,69+,70-,71-,74+,75+,77+,78+,79-/m1/s1. The van der Waals surface area contributed by atoms with E-state index >= 15 is 4.79 Å². The second-order valence-electron chi connectivity index (χ2n) is 33.2. The lowest BCUT2D eigenvalue weighted by Crippen LogP contribution is -2.66. The lowest BCUT2D eigenvalue weighted by atomic mass is 9.46. The number of benzene rings is 2. The van der Waals surface area contributed by atoms with Crippen LogP contribution in [0.1, 0.15) is 209 Å². The van der Waals surface area contributed by atoms with Crippen molar-refractivity contribution in [3.63, 3.8) is 0 Å². The molecule has 0 bridgehead atoms. The Labute approximate surface area is 616 Å². The van der Waals surface area contributed by atoms with Gasteiger partial charge in [-0.15, -0.1) is 0 Å². The molecule has 102 heavy (non-hydrogen) atoms. The van der Waals surface area contributed by atoms with Gasteiger partial charge in [-0.3, -0.25) is 4.79 Å². The number of methoxy groups -OCH3 is 1. The normalized spacial score (nSPS) is 31.3. The van der Waals surface area contributed by atoms with Crippen LogP contribution in [-0.2, 0) is 62.2 Å². The van der Waals surface area contributed by atoms with Crippen molar-refractivity contribution in [2.24, 2.45) is 45.5 Å². The second-order valence-corrected chi connectivity index (χ2v) is 52.1. The zero-order valence-corrected chi connectivity index (χ0v) is 70.2. The fourth-order valence-corrected chi connectivity index (χ4v) is 28.5. The van der Waals surface area contributed by atoms with Gasteiger partial charge in [0.2, 0.25) is 0 Å². The molecular weight excluding hydrogens is 1360 g/mol. The molecule has 6 aliphatic rings. The van der Waals surface area contributed by atoms with E-state index < -0.39 is 130 Å². The molecule has 2 heterocycles. The van der Waals surface area contributed by atoms with Gasteiger partial charge in [-0.1, -0.05) is 153 Å². The largest absolute Gasteiger partial charge is 0.497 e. The van der Waals surface area contributed by atoms with E-state index in [1.54, 1.807) is 55.6 Å². The lowest BCUT2D eigenvalue weighted by molar-refractivity contribution is -0.343. The number of azide groups is 1. The van der Waals surface area contributed by atoms with Gasteiger partial charge in [0.25, 0.3) is 0 Å². The summed E-state index contributed by atoms with van der Waals surface area (Å²) < 4.78 is 85.1. The van der Waals surface area contributed by atoms with Crippen molar-refractivity contribution in [3.8, 4) is 5.75 Å².